The second-order valence-electron chi connectivity index (χ2n) is 4.12. The summed E-state index contributed by atoms with van der Waals surface area (Å²) in [6.45, 7) is 0. The predicted octanol–water partition coefficient (Wildman–Crippen LogP) is 3.02. The first kappa shape index (κ1) is 10.9. The van der Waals surface area contributed by atoms with E-state index < -0.39 is 5.54 Å². The van der Waals surface area contributed by atoms with Gasteiger partial charge in [-0.3, -0.25) is 0 Å². The van der Waals surface area contributed by atoms with E-state index in [0.717, 1.165) is 25.7 Å². The van der Waals surface area contributed by atoms with Crippen LogP contribution in [-0.2, 0) is 5.54 Å². The fourth-order valence-electron chi connectivity index (χ4n) is 2.25. The van der Waals surface area contributed by atoms with Crippen molar-refractivity contribution in [2.24, 2.45) is 5.73 Å². The van der Waals surface area contributed by atoms with Crippen molar-refractivity contribution in [1.29, 1.82) is 0 Å². The minimum Gasteiger partial charge on any atom is -0.507 e. The average molecular weight is 274 g/mol. The third kappa shape index (κ3) is 1.76. The summed E-state index contributed by atoms with van der Waals surface area (Å²) in [7, 11) is 0. The summed E-state index contributed by atoms with van der Waals surface area (Å²) in [5.41, 5.74) is 5.96. The van der Waals surface area contributed by atoms with Gasteiger partial charge < -0.3 is 10.8 Å². The number of rotatable bonds is 1. The van der Waals surface area contributed by atoms with Gasteiger partial charge in [-0.25, -0.2) is 4.39 Å². The van der Waals surface area contributed by atoms with Crippen molar-refractivity contribution in [1.82, 2.24) is 0 Å². The molecule has 0 bridgehead atoms. The van der Waals surface area contributed by atoms with Crippen LogP contribution in [0.3, 0.4) is 0 Å². The molecule has 0 heterocycles. The molecule has 4 heteroatoms. The molecular formula is C11H13BrFNO. The number of benzene rings is 1. The molecule has 0 aliphatic heterocycles. The van der Waals surface area contributed by atoms with Crippen LogP contribution in [-0.4, -0.2) is 5.11 Å². The summed E-state index contributed by atoms with van der Waals surface area (Å²) in [4.78, 5) is 0. The summed E-state index contributed by atoms with van der Waals surface area (Å²) in [6.07, 6.45) is 3.56. The molecule has 2 nitrogen and oxygen atoms in total. The highest BCUT2D eigenvalue weighted by Gasteiger charge is 2.36. The lowest BCUT2D eigenvalue weighted by atomic mass is 9.89. The highest BCUT2D eigenvalue weighted by atomic mass is 79.9. The van der Waals surface area contributed by atoms with Gasteiger partial charge in [0.1, 0.15) is 11.6 Å². The summed E-state index contributed by atoms with van der Waals surface area (Å²) in [6, 6.07) is 2.60. The van der Waals surface area contributed by atoms with E-state index in [9.17, 15) is 9.50 Å². The van der Waals surface area contributed by atoms with Crippen molar-refractivity contribution in [2.75, 3.05) is 0 Å². The standard InChI is InChI=1S/C11H13BrFNO/c12-10-8(15)4-3-7(13)9(10)11(14)5-1-2-6-11/h3-4,15H,1-2,5-6,14H2. The van der Waals surface area contributed by atoms with Crippen molar-refractivity contribution in [3.8, 4) is 5.75 Å². The highest BCUT2D eigenvalue weighted by molar-refractivity contribution is 9.10. The second-order valence-corrected chi connectivity index (χ2v) is 4.91. The van der Waals surface area contributed by atoms with Crippen molar-refractivity contribution in [2.45, 2.75) is 31.2 Å². The zero-order valence-electron chi connectivity index (χ0n) is 8.26. The first-order valence-corrected chi connectivity index (χ1v) is 5.80. The monoisotopic (exact) mass is 273 g/mol. The molecule has 0 aromatic heterocycles. The Balaban J connectivity index is 2.55. The van der Waals surface area contributed by atoms with Crippen LogP contribution in [0.25, 0.3) is 0 Å². The van der Waals surface area contributed by atoms with Crippen molar-refractivity contribution in [3.05, 3.63) is 28.0 Å². The van der Waals surface area contributed by atoms with E-state index in [4.69, 9.17) is 5.73 Å². The number of phenolic OH excluding ortho intramolecular Hbond substituents is 1. The van der Waals surface area contributed by atoms with Gasteiger partial charge in [0.25, 0.3) is 0 Å². The van der Waals surface area contributed by atoms with Gasteiger partial charge in [0, 0.05) is 11.1 Å². The van der Waals surface area contributed by atoms with Gasteiger partial charge in [0.05, 0.1) is 4.47 Å². The first-order valence-electron chi connectivity index (χ1n) is 5.01. The van der Waals surface area contributed by atoms with E-state index in [-0.39, 0.29) is 11.6 Å². The van der Waals surface area contributed by atoms with Gasteiger partial charge in [0.15, 0.2) is 0 Å². The van der Waals surface area contributed by atoms with Crippen LogP contribution in [0.4, 0.5) is 4.39 Å². The van der Waals surface area contributed by atoms with E-state index in [1.807, 2.05) is 0 Å². The number of halogens is 2. The van der Waals surface area contributed by atoms with Gasteiger partial charge in [0.2, 0.25) is 0 Å². The van der Waals surface area contributed by atoms with Crippen LogP contribution < -0.4 is 5.73 Å². The van der Waals surface area contributed by atoms with Crippen LogP contribution in [0.1, 0.15) is 31.2 Å². The van der Waals surface area contributed by atoms with Gasteiger partial charge in [-0.2, -0.15) is 0 Å². The quantitative estimate of drug-likeness (QED) is 0.826. The normalized spacial score (nSPS) is 19.4. The van der Waals surface area contributed by atoms with Gasteiger partial charge >= 0.3 is 0 Å². The minimum atomic E-state index is -0.623. The van der Waals surface area contributed by atoms with Gasteiger partial charge in [-0.05, 0) is 40.9 Å². The van der Waals surface area contributed by atoms with Crippen molar-refractivity contribution in [3.63, 3.8) is 0 Å². The Morgan fingerprint density at radius 1 is 1.33 bits per heavy atom. The van der Waals surface area contributed by atoms with Crippen LogP contribution in [0.15, 0.2) is 16.6 Å². The van der Waals surface area contributed by atoms with E-state index in [0.29, 0.717) is 10.0 Å². The average Bonchev–Trinajstić information content (AvgIpc) is 2.60. The molecule has 2 rings (SSSR count). The molecular weight excluding hydrogens is 261 g/mol. The van der Waals surface area contributed by atoms with Gasteiger partial charge in [-0.15, -0.1) is 0 Å². The molecule has 0 unspecified atom stereocenters. The minimum absolute atomic E-state index is 0.0446. The molecule has 1 aromatic rings. The topological polar surface area (TPSA) is 46.2 Å². The maximum atomic E-state index is 13.7. The number of hydrogen-bond donors (Lipinski definition) is 2. The molecule has 0 atom stereocenters. The van der Waals surface area contributed by atoms with Crippen LogP contribution in [0, 0.1) is 5.82 Å². The second kappa shape index (κ2) is 3.76. The van der Waals surface area contributed by atoms with Crippen LogP contribution in [0.5, 0.6) is 5.75 Å². The Morgan fingerprint density at radius 3 is 2.53 bits per heavy atom. The van der Waals surface area contributed by atoms with Crippen LogP contribution >= 0.6 is 15.9 Å². The van der Waals surface area contributed by atoms with E-state index in [1.165, 1.54) is 12.1 Å². The van der Waals surface area contributed by atoms with Crippen molar-refractivity contribution < 1.29 is 9.50 Å². The summed E-state index contributed by atoms with van der Waals surface area (Å²) < 4.78 is 14.1. The Morgan fingerprint density at radius 2 is 1.93 bits per heavy atom. The Labute approximate surface area is 96.4 Å². The third-order valence-corrected chi connectivity index (χ3v) is 3.87. The number of nitrogens with two attached hydrogens (primary N) is 1. The summed E-state index contributed by atoms with van der Waals surface area (Å²) in [5.74, 6) is -0.299. The molecule has 1 saturated carbocycles. The fourth-order valence-corrected chi connectivity index (χ4v) is 2.97. The smallest absolute Gasteiger partial charge is 0.130 e. The van der Waals surface area contributed by atoms with Crippen LogP contribution in [0.2, 0.25) is 0 Å². The zero-order chi connectivity index (χ0) is 11.1. The maximum absolute atomic E-state index is 13.7. The van der Waals surface area contributed by atoms with Crippen molar-refractivity contribution >= 4 is 15.9 Å². The molecule has 15 heavy (non-hydrogen) atoms. The maximum Gasteiger partial charge on any atom is 0.130 e. The Kier molecular flexibility index (Phi) is 2.73. The molecule has 1 fully saturated rings. The molecule has 82 valence electrons. The molecule has 1 aliphatic rings. The number of aromatic hydroxyl groups is 1. The fraction of sp³-hybridized carbons (Fsp3) is 0.455. The predicted molar refractivity (Wildman–Crippen MR) is 60.1 cm³/mol. The summed E-state index contributed by atoms with van der Waals surface area (Å²) in [5, 5.41) is 9.53. The number of hydrogen-bond acceptors (Lipinski definition) is 2. The number of phenols is 1. The third-order valence-electron chi connectivity index (χ3n) is 3.06. The lowest BCUT2D eigenvalue weighted by Crippen LogP contribution is -2.34. The zero-order valence-corrected chi connectivity index (χ0v) is 9.85. The summed E-state index contributed by atoms with van der Waals surface area (Å²) >= 11 is 3.21. The molecule has 0 amide bonds. The largest absolute Gasteiger partial charge is 0.507 e. The molecule has 1 aromatic carbocycles. The Bertz CT molecular complexity index is 388. The highest BCUT2D eigenvalue weighted by Crippen LogP contribution is 2.43. The van der Waals surface area contributed by atoms with E-state index >= 15 is 0 Å². The molecule has 1 aliphatic carbocycles. The molecule has 0 spiro atoms. The van der Waals surface area contributed by atoms with E-state index in [2.05, 4.69) is 15.9 Å². The first-order chi connectivity index (χ1) is 7.04. The molecule has 0 radical (unpaired) electrons. The molecule has 0 saturated heterocycles. The lowest BCUT2D eigenvalue weighted by Gasteiger charge is -2.26. The van der Waals surface area contributed by atoms with E-state index in [1.54, 1.807) is 0 Å². The van der Waals surface area contributed by atoms with Gasteiger partial charge in [-0.1, -0.05) is 12.8 Å². The molecule has 3 N–H and O–H groups in total. The Hall–Kier alpha value is -0.610. The lowest BCUT2D eigenvalue weighted by molar-refractivity contribution is 0.417. The SMILES string of the molecule is NC1(c2c(F)ccc(O)c2Br)CCCC1.